The van der Waals surface area contributed by atoms with Gasteiger partial charge in [0.1, 0.15) is 18.4 Å². The van der Waals surface area contributed by atoms with Crippen molar-refractivity contribution < 1.29 is 28.5 Å². The average molecular weight is 509 g/mol. The largest absolute Gasteiger partial charge is 0.497 e. The van der Waals surface area contributed by atoms with E-state index >= 15 is 0 Å². The zero-order valence-corrected chi connectivity index (χ0v) is 21.4. The molecule has 2 aliphatic heterocycles. The SMILES string of the molecule is COc1ccc([C@H](C(=O)NC2CCCCC2)N(C[C@H]2CCCO2)C(=O)[C@@H]2COc3ccccc3O2)cc1. The van der Waals surface area contributed by atoms with Crippen LogP contribution in [-0.4, -0.2) is 61.8 Å². The molecule has 8 heteroatoms. The minimum Gasteiger partial charge on any atom is -0.497 e. The fraction of sp³-hybridized carbons (Fsp3) is 0.517. The molecule has 1 saturated heterocycles. The second-order valence-corrected chi connectivity index (χ2v) is 10.0. The Hall–Kier alpha value is -3.26. The number of fused-ring (bicyclic) bond motifs is 1. The molecule has 0 radical (unpaired) electrons. The summed E-state index contributed by atoms with van der Waals surface area (Å²) in [5.41, 5.74) is 0.720. The molecule has 8 nitrogen and oxygen atoms in total. The third-order valence-corrected chi connectivity index (χ3v) is 7.43. The van der Waals surface area contributed by atoms with E-state index in [0.717, 1.165) is 44.1 Å². The average Bonchev–Trinajstić information content (AvgIpc) is 3.46. The summed E-state index contributed by atoms with van der Waals surface area (Å²) in [7, 11) is 1.60. The van der Waals surface area contributed by atoms with Gasteiger partial charge < -0.3 is 29.2 Å². The van der Waals surface area contributed by atoms with E-state index in [1.54, 1.807) is 18.1 Å². The summed E-state index contributed by atoms with van der Waals surface area (Å²) in [6, 6.07) is 13.9. The zero-order chi connectivity index (χ0) is 25.6. The molecule has 0 spiro atoms. The zero-order valence-electron chi connectivity index (χ0n) is 21.4. The fourth-order valence-corrected chi connectivity index (χ4v) is 5.44. The second kappa shape index (κ2) is 11.9. The van der Waals surface area contributed by atoms with Crippen molar-refractivity contribution in [3.63, 3.8) is 0 Å². The quantitative estimate of drug-likeness (QED) is 0.580. The molecular formula is C29H36N2O6. The van der Waals surface area contributed by atoms with Crippen LogP contribution in [0, 0.1) is 0 Å². The molecule has 2 aromatic carbocycles. The summed E-state index contributed by atoms with van der Waals surface area (Å²) < 4.78 is 23.2. The van der Waals surface area contributed by atoms with Crippen LogP contribution in [0.5, 0.6) is 17.2 Å². The van der Waals surface area contributed by atoms with Crippen molar-refractivity contribution in [2.24, 2.45) is 0 Å². The lowest BCUT2D eigenvalue weighted by Crippen LogP contribution is -2.54. The molecular weight excluding hydrogens is 472 g/mol. The Balaban J connectivity index is 1.46. The lowest BCUT2D eigenvalue weighted by molar-refractivity contribution is -0.150. The second-order valence-electron chi connectivity index (χ2n) is 10.0. The molecule has 1 N–H and O–H groups in total. The molecule has 1 saturated carbocycles. The summed E-state index contributed by atoms with van der Waals surface area (Å²) in [6.45, 7) is 1.04. The van der Waals surface area contributed by atoms with Gasteiger partial charge in [-0.25, -0.2) is 0 Å². The number of ether oxygens (including phenoxy) is 4. The van der Waals surface area contributed by atoms with Gasteiger partial charge in [-0.15, -0.1) is 0 Å². The molecule has 3 atom stereocenters. The Kier molecular flexibility index (Phi) is 8.14. The van der Waals surface area contributed by atoms with Crippen LogP contribution in [-0.2, 0) is 14.3 Å². The highest BCUT2D eigenvalue weighted by molar-refractivity contribution is 5.91. The minimum atomic E-state index is -0.862. The molecule has 0 unspecified atom stereocenters. The molecule has 2 heterocycles. The maximum absolute atomic E-state index is 14.1. The number of benzene rings is 2. The highest BCUT2D eigenvalue weighted by Gasteiger charge is 2.40. The van der Waals surface area contributed by atoms with Gasteiger partial charge in [-0.2, -0.15) is 0 Å². The Bertz CT molecular complexity index is 1060. The number of rotatable bonds is 8. The molecule has 37 heavy (non-hydrogen) atoms. The number of para-hydroxylation sites is 2. The molecule has 2 fully saturated rings. The van der Waals surface area contributed by atoms with Gasteiger partial charge >= 0.3 is 0 Å². The van der Waals surface area contributed by atoms with Crippen LogP contribution >= 0.6 is 0 Å². The van der Waals surface area contributed by atoms with E-state index in [1.807, 2.05) is 42.5 Å². The fourth-order valence-electron chi connectivity index (χ4n) is 5.44. The number of amides is 2. The number of nitrogens with one attached hydrogen (secondary N) is 1. The lowest BCUT2D eigenvalue weighted by Gasteiger charge is -2.37. The van der Waals surface area contributed by atoms with E-state index in [9.17, 15) is 9.59 Å². The van der Waals surface area contributed by atoms with Gasteiger partial charge in [0, 0.05) is 19.2 Å². The van der Waals surface area contributed by atoms with Crippen molar-refractivity contribution in [3.8, 4) is 17.2 Å². The predicted molar refractivity (Wildman–Crippen MR) is 138 cm³/mol. The number of hydrogen-bond acceptors (Lipinski definition) is 6. The molecule has 2 amide bonds. The van der Waals surface area contributed by atoms with Crippen molar-refractivity contribution in [2.45, 2.75) is 69.2 Å². The van der Waals surface area contributed by atoms with Gasteiger partial charge in [-0.1, -0.05) is 43.5 Å². The summed E-state index contributed by atoms with van der Waals surface area (Å²) in [5.74, 6) is 1.36. The lowest BCUT2D eigenvalue weighted by atomic mass is 9.94. The maximum Gasteiger partial charge on any atom is 0.268 e. The molecule has 0 aromatic heterocycles. The maximum atomic E-state index is 14.1. The molecule has 2 aromatic rings. The van der Waals surface area contributed by atoms with Gasteiger partial charge in [0.05, 0.1) is 13.2 Å². The van der Waals surface area contributed by atoms with Gasteiger partial charge in [0.2, 0.25) is 12.0 Å². The standard InChI is InChI=1S/C29H36N2O6/c1-34-22-15-13-20(14-16-22)27(28(32)30-21-8-3-2-4-9-21)31(18-23-10-7-17-35-23)29(33)26-19-36-24-11-5-6-12-25(24)37-26/h5-6,11-16,21,23,26-27H,2-4,7-10,17-19H2,1H3,(H,30,32)/t23-,26+,27-/m1/s1. The van der Waals surface area contributed by atoms with Crippen molar-refractivity contribution in [3.05, 3.63) is 54.1 Å². The van der Waals surface area contributed by atoms with Gasteiger partial charge in [0.25, 0.3) is 5.91 Å². The Morgan fingerprint density at radius 1 is 1.00 bits per heavy atom. The van der Waals surface area contributed by atoms with Crippen LogP contribution in [0.3, 0.4) is 0 Å². The first-order chi connectivity index (χ1) is 18.1. The van der Waals surface area contributed by atoms with Crippen molar-refractivity contribution in [1.82, 2.24) is 10.2 Å². The van der Waals surface area contributed by atoms with E-state index in [4.69, 9.17) is 18.9 Å². The van der Waals surface area contributed by atoms with Gasteiger partial charge in [-0.05, 0) is 55.5 Å². The van der Waals surface area contributed by atoms with E-state index in [0.29, 0.717) is 30.4 Å². The normalized spacial score (nSPS) is 22.2. The number of carbonyl (C=O) groups excluding carboxylic acids is 2. The van der Waals surface area contributed by atoms with E-state index in [-0.39, 0.29) is 30.6 Å². The Labute approximate surface area is 218 Å². The summed E-state index contributed by atoms with van der Waals surface area (Å²) >= 11 is 0. The van der Waals surface area contributed by atoms with Crippen LogP contribution in [0.25, 0.3) is 0 Å². The molecule has 0 bridgehead atoms. The van der Waals surface area contributed by atoms with Crippen molar-refractivity contribution in [2.75, 3.05) is 26.9 Å². The number of carbonyl (C=O) groups is 2. The topological polar surface area (TPSA) is 86.3 Å². The van der Waals surface area contributed by atoms with E-state index < -0.39 is 12.1 Å². The number of methoxy groups -OCH3 is 1. The Morgan fingerprint density at radius 3 is 2.46 bits per heavy atom. The Morgan fingerprint density at radius 2 is 1.76 bits per heavy atom. The summed E-state index contributed by atoms with van der Waals surface area (Å²) in [5, 5.41) is 3.25. The molecule has 5 rings (SSSR count). The highest BCUT2D eigenvalue weighted by Crippen LogP contribution is 2.33. The van der Waals surface area contributed by atoms with Crippen molar-refractivity contribution >= 4 is 11.8 Å². The number of hydrogen-bond donors (Lipinski definition) is 1. The third kappa shape index (κ3) is 6.01. The smallest absolute Gasteiger partial charge is 0.268 e. The van der Waals surface area contributed by atoms with E-state index in [1.165, 1.54) is 6.42 Å². The summed E-state index contributed by atoms with van der Waals surface area (Å²) in [4.78, 5) is 29.6. The summed E-state index contributed by atoms with van der Waals surface area (Å²) in [6.07, 6.45) is 6.08. The monoisotopic (exact) mass is 508 g/mol. The number of nitrogens with zero attached hydrogens (tertiary/aromatic N) is 1. The van der Waals surface area contributed by atoms with Crippen molar-refractivity contribution in [1.29, 1.82) is 0 Å². The predicted octanol–water partition coefficient (Wildman–Crippen LogP) is 4.03. The molecule has 1 aliphatic carbocycles. The first kappa shape index (κ1) is 25.4. The minimum absolute atomic E-state index is 0.0808. The van der Waals surface area contributed by atoms with Crippen LogP contribution in [0.1, 0.15) is 56.6 Å². The van der Waals surface area contributed by atoms with Crippen LogP contribution in [0.2, 0.25) is 0 Å². The van der Waals surface area contributed by atoms with Gasteiger partial charge in [0.15, 0.2) is 11.5 Å². The van der Waals surface area contributed by atoms with E-state index in [2.05, 4.69) is 5.32 Å². The first-order valence-electron chi connectivity index (χ1n) is 13.4. The van der Waals surface area contributed by atoms with Crippen LogP contribution < -0.4 is 19.5 Å². The van der Waals surface area contributed by atoms with Gasteiger partial charge in [-0.3, -0.25) is 9.59 Å². The first-order valence-corrected chi connectivity index (χ1v) is 13.4. The molecule has 198 valence electrons. The van der Waals surface area contributed by atoms with Crippen LogP contribution in [0.15, 0.2) is 48.5 Å². The third-order valence-electron chi connectivity index (χ3n) is 7.43. The molecule has 3 aliphatic rings. The highest BCUT2D eigenvalue weighted by atomic mass is 16.6. The van der Waals surface area contributed by atoms with Crippen LogP contribution in [0.4, 0.5) is 0 Å².